The summed E-state index contributed by atoms with van der Waals surface area (Å²) >= 11 is 0. The van der Waals surface area contributed by atoms with E-state index in [4.69, 9.17) is 0 Å². The molecule has 2 N–H and O–H groups in total. The fourth-order valence-corrected chi connectivity index (χ4v) is 5.02. The van der Waals surface area contributed by atoms with E-state index in [2.05, 4.69) is 15.5 Å². The average molecular weight is 508 g/mol. The maximum absolute atomic E-state index is 13.7. The minimum atomic E-state index is -0.426. The van der Waals surface area contributed by atoms with E-state index in [9.17, 15) is 18.8 Å². The zero-order valence-corrected chi connectivity index (χ0v) is 21.0. The minimum Gasteiger partial charge on any atom is -0.368 e. The Morgan fingerprint density at radius 2 is 1.57 bits per heavy atom. The molecule has 9 heteroatoms. The standard InChI is InChI=1S/C28H34FN5O3/c29-23-5-1-4-21(18-23)27(36)34-14-3-13-32(16-17-34)25-9-8-22(19-24(25)31-26(35)20-6-7-20)28(37)33-12-2-10-30-11-15-33/h1,4-5,8-9,18-20,30H,2-3,6-7,10-17H2,(H,31,35). The van der Waals surface area contributed by atoms with Gasteiger partial charge in [-0.05, 0) is 68.6 Å². The van der Waals surface area contributed by atoms with Crippen LogP contribution in [-0.2, 0) is 4.79 Å². The van der Waals surface area contributed by atoms with Crippen molar-refractivity contribution in [1.82, 2.24) is 15.1 Å². The molecule has 0 atom stereocenters. The maximum Gasteiger partial charge on any atom is 0.254 e. The van der Waals surface area contributed by atoms with Gasteiger partial charge in [0.25, 0.3) is 11.8 Å². The van der Waals surface area contributed by atoms with Crippen molar-refractivity contribution >= 4 is 29.1 Å². The molecule has 1 saturated carbocycles. The maximum atomic E-state index is 13.7. The number of anilines is 2. The van der Waals surface area contributed by atoms with Gasteiger partial charge >= 0.3 is 0 Å². The summed E-state index contributed by atoms with van der Waals surface area (Å²) in [6.07, 6.45) is 3.43. The monoisotopic (exact) mass is 507 g/mol. The summed E-state index contributed by atoms with van der Waals surface area (Å²) in [5, 5.41) is 6.40. The third-order valence-electron chi connectivity index (χ3n) is 7.27. The summed E-state index contributed by atoms with van der Waals surface area (Å²) in [5.41, 5.74) is 2.40. The van der Waals surface area contributed by atoms with Gasteiger partial charge in [0.05, 0.1) is 11.4 Å². The van der Waals surface area contributed by atoms with Crippen LogP contribution in [0.15, 0.2) is 42.5 Å². The second-order valence-corrected chi connectivity index (χ2v) is 10.0. The number of amides is 3. The molecule has 2 aromatic rings. The van der Waals surface area contributed by atoms with Crippen molar-refractivity contribution < 1.29 is 18.8 Å². The summed E-state index contributed by atoms with van der Waals surface area (Å²) in [6, 6.07) is 11.3. The molecule has 2 aliphatic heterocycles. The van der Waals surface area contributed by atoms with Crippen molar-refractivity contribution in [3.8, 4) is 0 Å². The van der Waals surface area contributed by atoms with Gasteiger partial charge < -0.3 is 25.3 Å². The van der Waals surface area contributed by atoms with Crippen molar-refractivity contribution in [2.24, 2.45) is 5.92 Å². The molecule has 1 aliphatic carbocycles. The van der Waals surface area contributed by atoms with E-state index < -0.39 is 5.82 Å². The van der Waals surface area contributed by atoms with Gasteiger partial charge in [-0.25, -0.2) is 4.39 Å². The van der Waals surface area contributed by atoms with Crippen molar-refractivity contribution in [1.29, 1.82) is 0 Å². The SMILES string of the molecule is O=C(Nc1cc(C(=O)N2CCCNCC2)ccc1N1CCCN(C(=O)c2cccc(F)c2)CC1)C1CC1. The van der Waals surface area contributed by atoms with Crippen LogP contribution < -0.4 is 15.5 Å². The first-order chi connectivity index (χ1) is 18.0. The number of hydrogen-bond acceptors (Lipinski definition) is 5. The molecule has 8 nitrogen and oxygen atoms in total. The highest BCUT2D eigenvalue weighted by Crippen LogP contribution is 2.34. The van der Waals surface area contributed by atoms with E-state index >= 15 is 0 Å². The van der Waals surface area contributed by atoms with E-state index in [0.29, 0.717) is 56.1 Å². The highest BCUT2D eigenvalue weighted by atomic mass is 19.1. The van der Waals surface area contributed by atoms with Gasteiger partial charge in [0.15, 0.2) is 0 Å². The molecule has 2 saturated heterocycles. The highest BCUT2D eigenvalue weighted by Gasteiger charge is 2.31. The topological polar surface area (TPSA) is 85.0 Å². The smallest absolute Gasteiger partial charge is 0.254 e. The molecule has 2 aromatic carbocycles. The number of carbonyl (C=O) groups excluding carboxylic acids is 3. The largest absolute Gasteiger partial charge is 0.368 e. The van der Waals surface area contributed by atoms with Crippen LogP contribution in [-0.4, -0.2) is 79.9 Å². The number of halogens is 1. The van der Waals surface area contributed by atoms with Crippen LogP contribution in [0.25, 0.3) is 0 Å². The van der Waals surface area contributed by atoms with Gasteiger partial charge in [0.2, 0.25) is 5.91 Å². The molecule has 0 aromatic heterocycles. The van der Waals surface area contributed by atoms with Gasteiger partial charge in [-0.2, -0.15) is 0 Å². The first kappa shape index (κ1) is 25.2. The third kappa shape index (κ3) is 6.10. The quantitative estimate of drug-likeness (QED) is 0.650. The fourth-order valence-electron chi connectivity index (χ4n) is 5.02. The van der Waals surface area contributed by atoms with Crippen molar-refractivity contribution in [2.75, 3.05) is 62.6 Å². The normalized spacial score (nSPS) is 18.7. The molecule has 0 bridgehead atoms. The summed E-state index contributed by atoms with van der Waals surface area (Å²) in [4.78, 5) is 44.7. The van der Waals surface area contributed by atoms with Gasteiger partial charge in [-0.1, -0.05) is 6.07 Å². The van der Waals surface area contributed by atoms with Crippen LogP contribution >= 0.6 is 0 Å². The van der Waals surface area contributed by atoms with Gasteiger partial charge in [0, 0.05) is 62.9 Å². The molecule has 5 rings (SSSR count). The summed E-state index contributed by atoms with van der Waals surface area (Å²) in [7, 11) is 0. The summed E-state index contributed by atoms with van der Waals surface area (Å²) in [5.74, 6) is -0.615. The molecule has 3 fully saturated rings. The Kier molecular flexibility index (Phi) is 7.69. The molecule has 196 valence electrons. The second kappa shape index (κ2) is 11.3. The minimum absolute atomic E-state index is 0.0115. The molecule has 3 aliphatic rings. The molecule has 0 radical (unpaired) electrons. The van der Waals surface area contributed by atoms with E-state index in [1.807, 2.05) is 17.0 Å². The number of nitrogens with zero attached hydrogens (tertiary/aromatic N) is 3. The van der Waals surface area contributed by atoms with Crippen LogP contribution in [0.5, 0.6) is 0 Å². The van der Waals surface area contributed by atoms with Gasteiger partial charge in [0.1, 0.15) is 5.82 Å². The summed E-state index contributed by atoms with van der Waals surface area (Å²) < 4.78 is 13.7. The Hall–Kier alpha value is -3.46. The lowest BCUT2D eigenvalue weighted by Gasteiger charge is -2.27. The predicted molar refractivity (Wildman–Crippen MR) is 140 cm³/mol. The number of nitrogens with one attached hydrogen (secondary N) is 2. The van der Waals surface area contributed by atoms with Crippen LogP contribution in [0, 0.1) is 11.7 Å². The second-order valence-electron chi connectivity index (χ2n) is 10.0. The molecule has 0 unspecified atom stereocenters. The number of hydrogen-bond donors (Lipinski definition) is 2. The van der Waals surface area contributed by atoms with Crippen molar-refractivity contribution in [3.05, 3.63) is 59.4 Å². The van der Waals surface area contributed by atoms with E-state index in [1.165, 1.54) is 12.1 Å². The van der Waals surface area contributed by atoms with E-state index in [-0.39, 0.29) is 23.6 Å². The molecule has 3 amide bonds. The lowest BCUT2D eigenvalue weighted by molar-refractivity contribution is -0.117. The van der Waals surface area contributed by atoms with Gasteiger partial charge in [-0.3, -0.25) is 14.4 Å². The highest BCUT2D eigenvalue weighted by molar-refractivity contribution is 6.01. The van der Waals surface area contributed by atoms with E-state index in [0.717, 1.165) is 44.5 Å². The molecule has 2 heterocycles. The summed E-state index contributed by atoms with van der Waals surface area (Å²) in [6.45, 7) is 5.35. The number of rotatable bonds is 5. The van der Waals surface area contributed by atoms with E-state index in [1.54, 1.807) is 23.1 Å². The molecular formula is C28H34FN5O3. The fraction of sp³-hybridized carbons (Fsp3) is 0.464. The van der Waals surface area contributed by atoms with Crippen LogP contribution in [0.1, 0.15) is 46.4 Å². The number of carbonyl (C=O) groups is 3. The first-order valence-electron chi connectivity index (χ1n) is 13.2. The first-order valence-corrected chi connectivity index (χ1v) is 13.2. The Morgan fingerprint density at radius 1 is 0.811 bits per heavy atom. The lowest BCUT2D eigenvalue weighted by atomic mass is 10.1. The average Bonchev–Trinajstić information content (AvgIpc) is 3.76. The van der Waals surface area contributed by atoms with Crippen molar-refractivity contribution in [2.45, 2.75) is 25.7 Å². The molecule has 0 spiro atoms. The Bertz CT molecular complexity index is 1160. The number of benzene rings is 2. The zero-order valence-electron chi connectivity index (χ0n) is 21.0. The molecule has 37 heavy (non-hydrogen) atoms. The van der Waals surface area contributed by atoms with Crippen molar-refractivity contribution in [3.63, 3.8) is 0 Å². The third-order valence-corrected chi connectivity index (χ3v) is 7.27. The Morgan fingerprint density at radius 3 is 2.35 bits per heavy atom. The predicted octanol–water partition coefficient (Wildman–Crippen LogP) is 2.96. The lowest BCUT2D eigenvalue weighted by Crippen LogP contribution is -2.36. The van der Waals surface area contributed by atoms with Crippen LogP contribution in [0.3, 0.4) is 0 Å². The van der Waals surface area contributed by atoms with Gasteiger partial charge in [-0.15, -0.1) is 0 Å². The van der Waals surface area contributed by atoms with Crippen LogP contribution in [0.4, 0.5) is 15.8 Å². The zero-order chi connectivity index (χ0) is 25.8. The van der Waals surface area contributed by atoms with Crippen LogP contribution in [0.2, 0.25) is 0 Å². The Balaban J connectivity index is 1.34. The molecular weight excluding hydrogens is 473 g/mol. The Labute approximate surface area is 216 Å².